The molecule has 2 nitrogen and oxygen atoms in total. The van der Waals surface area contributed by atoms with Crippen LogP contribution in [0.2, 0.25) is 0 Å². The maximum absolute atomic E-state index is 6.34. The maximum Gasteiger partial charge on any atom is 0.135 e. The van der Waals surface area contributed by atoms with E-state index in [1.165, 1.54) is 28.7 Å². The summed E-state index contributed by atoms with van der Waals surface area (Å²) in [6.45, 7) is 2.14. The van der Waals surface area contributed by atoms with Gasteiger partial charge in [-0.05, 0) is 43.9 Å². The largest absolute Gasteiger partial charge is 0.482 e. The highest BCUT2D eigenvalue weighted by atomic mass is 16.5. The molecule has 0 atom stereocenters. The number of anilines is 1. The Morgan fingerprint density at radius 3 is 2.58 bits per heavy atom. The molecule has 19 heavy (non-hydrogen) atoms. The molecule has 1 fully saturated rings. The molecule has 1 saturated carbocycles. The van der Waals surface area contributed by atoms with Crippen molar-refractivity contribution in [1.82, 2.24) is 0 Å². The number of hydrogen-bond acceptors (Lipinski definition) is 2. The maximum atomic E-state index is 6.34. The van der Waals surface area contributed by atoms with E-state index < -0.39 is 0 Å². The monoisotopic (exact) mass is 251 g/mol. The van der Waals surface area contributed by atoms with Gasteiger partial charge in [-0.25, -0.2) is 0 Å². The Hall–Kier alpha value is -1.96. The summed E-state index contributed by atoms with van der Waals surface area (Å²) < 4.78 is 6.34. The third-order valence-electron chi connectivity index (χ3n) is 4.43. The molecule has 2 N–H and O–H groups in total. The van der Waals surface area contributed by atoms with Crippen molar-refractivity contribution in [1.29, 1.82) is 0 Å². The molecule has 0 unspecified atom stereocenters. The molecule has 0 radical (unpaired) electrons. The minimum absolute atomic E-state index is 0.0951. The quantitative estimate of drug-likeness (QED) is 0.718. The second-order valence-corrected chi connectivity index (χ2v) is 5.75. The normalized spacial score (nSPS) is 18.2. The van der Waals surface area contributed by atoms with Crippen LogP contribution < -0.4 is 10.5 Å². The average Bonchev–Trinajstić information content (AvgIpc) is 2.35. The minimum atomic E-state index is -0.0951. The lowest BCUT2D eigenvalue weighted by atomic mass is 9.70. The minimum Gasteiger partial charge on any atom is -0.482 e. The molecule has 0 saturated heterocycles. The standard InChI is InChI=1S/C17H17NO/c1-11-3-5-13-14-6-4-12(18)10-16(14)19-17(7-2-8-17)15(13)9-11/h3-6,9-10H,2,7-8,18H2,1H3. The first-order valence-corrected chi connectivity index (χ1v) is 6.88. The molecule has 2 heteroatoms. The second-order valence-electron chi connectivity index (χ2n) is 5.75. The Morgan fingerprint density at radius 2 is 1.84 bits per heavy atom. The van der Waals surface area contributed by atoms with Gasteiger partial charge in [-0.3, -0.25) is 0 Å². The van der Waals surface area contributed by atoms with Gasteiger partial charge in [0.1, 0.15) is 11.4 Å². The van der Waals surface area contributed by atoms with E-state index >= 15 is 0 Å². The molecule has 2 aromatic rings. The van der Waals surface area contributed by atoms with E-state index in [1.54, 1.807) is 0 Å². The number of ether oxygens (including phenoxy) is 1. The predicted octanol–water partition coefficient (Wildman–Crippen LogP) is 4.02. The van der Waals surface area contributed by atoms with Gasteiger partial charge in [-0.15, -0.1) is 0 Å². The van der Waals surface area contributed by atoms with E-state index in [0.717, 1.165) is 24.3 Å². The average molecular weight is 251 g/mol. The summed E-state index contributed by atoms with van der Waals surface area (Å²) in [5.41, 5.74) is 11.7. The van der Waals surface area contributed by atoms with Gasteiger partial charge in [-0.1, -0.05) is 23.8 Å². The molecule has 2 aromatic carbocycles. The third-order valence-corrected chi connectivity index (χ3v) is 4.43. The molecule has 1 aliphatic carbocycles. The van der Waals surface area contributed by atoms with E-state index in [9.17, 15) is 0 Å². The summed E-state index contributed by atoms with van der Waals surface area (Å²) in [5.74, 6) is 0.941. The zero-order valence-electron chi connectivity index (χ0n) is 11.1. The van der Waals surface area contributed by atoms with Crippen LogP contribution in [0.1, 0.15) is 30.4 Å². The van der Waals surface area contributed by atoms with Gasteiger partial charge >= 0.3 is 0 Å². The number of nitrogens with two attached hydrogens (primary N) is 1. The van der Waals surface area contributed by atoms with Gasteiger partial charge in [0.15, 0.2) is 0 Å². The van der Waals surface area contributed by atoms with Crippen LogP contribution in [0.25, 0.3) is 11.1 Å². The summed E-state index contributed by atoms with van der Waals surface area (Å²) in [7, 11) is 0. The van der Waals surface area contributed by atoms with Crippen molar-refractivity contribution in [3.8, 4) is 16.9 Å². The summed E-state index contributed by atoms with van der Waals surface area (Å²) in [5, 5.41) is 0. The molecule has 1 heterocycles. The zero-order valence-corrected chi connectivity index (χ0v) is 11.1. The van der Waals surface area contributed by atoms with Gasteiger partial charge < -0.3 is 10.5 Å². The van der Waals surface area contributed by atoms with Gasteiger partial charge in [0.25, 0.3) is 0 Å². The van der Waals surface area contributed by atoms with E-state index in [4.69, 9.17) is 10.5 Å². The lowest BCUT2D eigenvalue weighted by molar-refractivity contribution is -0.0143. The third kappa shape index (κ3) is 1.43. The van der Waals surface area contributed by atoms with Crippen molar-refractivity contribution in [3.05, 3.63) is 47.5 Å². The number of fused-ring (bicyclic) bond motifs is 4. The summed E-state index contributed by atoms with van der Waals surface area (Å²) >= 11 is 0. The molecule has 0 bridgehead atoms. The molecule has 2 aliphatic rings. The van der Waals surface area contributed by atoms with Crippen LogP contribution in [0.15, 0.2) is 36.4 Å². The van der Waals surface area contributed by atoms with Gasteiger partial charge in [0, 0.05) is 22.9 Å². The SMILES string of the molecule is Cc1ccc2c(c1)C1(CCC1)Oc1cc(N)ccc1-2. The smallest absolute Gasteiger partial charge is 0.135 e. The Bertz CT molecular complexity index is 671. The van der Waals surface area contributed by atoms with Crippen LogP contribution in [0, 0.1) is 6.92 Å². The number of nitrogen functional groups attached to an aromatic ring is 1. The molecule has 0 aromatic heterocycles. The van der Waals surface area contributed by atoms with Gasteiger partial charge in [0.2, 0.25) is 0 Å². The van der Waals surface area contributed by atoms with Crippen molar-refractivity contribution >= 4 is 5.69 Å². The van der Waals surface area contributed by atoms with E-state index in [1.807, 2.05) is 12.1 Å². The van der Waals surface area contributed by atoms with Crippen molar-refractivity contribution in [2.45, 2.75) is 31.8 Å². The first-order chi connectivity index (χ1) is 9.18. The molecule has 96 valence electrons. The lowest BCUT2D eigenvalue weighted by Crippen LogP contribution is -2.42. The Balaban J connectivity index is 2.00. The van der Waals surface area contributed by atoms with Crippen LogP contribution in [0.5, 0.6) is 5.75 Å². The van der Waals surface area contributed by atoms with Crippen molar-refractivity contribution in [3.63, 3.8) is 0 Å². The highest BCUT2D eigenvalue weighted by molar-refractivity contribution is 5.79. The molecule has 0 amide bonds. The van der Waals surface area contributed by atoms with Crippen LogP contribution in [-0.4, -0.2) is 0 Å². The van der Waals surface area contributed by atoms with Crippen LogP contribution in [-0.2, 0) is 5.60 Å². The first-order valence-electron chi connectivity index (χ1n) is 6.88. The molecular weight excluding hydrogens is 234 g/mol. The zero-order chi connectivity index (χ0) is 13.0. The summed E-state index contributed by atoms with van der Waals surface area (Å²) in [6, 6.07) is 12.7. The number of rotatable bonds is 0. The van der Waals surface area contributed by atoms with Crippen LogP contribution in [0.4, 0.5) is 5.69 Å². The fraction of sp³-hybridized carbons (Fsp3) is 0.294. The Labute approximate surface area is 113 Å². The highest BCUT2D eigenvalue weighted by Crippen LogP contribution is 2.54. The first kappa shape index (κ1) is 10.9. The van der Waals surface area contributed by atoms with Crippen LogP contribution in [0.3, 0.4) is 0 Å². The Kier molecular flexibility index (Phi) is 2.03. The van der Waals surface area contributed by atoms with Crippen LogP contribution >= 0.6 is 0 Å². The van der Waals surface area contributed by atoms with Crippen molar-refractivity contribution in [2.24, 2.45) is 0 Å². The Morgan fingerprint density at radius 1 is 1.05 bits per heavy atom. The topological polar surface area (TPSA) is 35.2 Å². The van der Waals surface area contributed by atoms with E-state index in [2.05, 4.69) is 31.2 Å². The van der Waals surface area contributed by atoms with Crippen molar-refractivity contribution in [2.75, 3.05) is 5.73 Å². The summed E-state index contributed by atoms with van der Waals surface area (Å²) in [4.78, 5) is 0. The molecule has 4 rings (SSSR count). The molecule has 1 aliphatic heterocycles. The van der Waals surface area contributed by atoms with E-state index in [-0.39, 0.29) is 5.60 Å². The predicted molar refractivity (Wildman–Crippen MR) is 77.2 cm³/mol. The molecular formula is C17H17NO. The fourth-order valence-corrected chi connectivity index (χ4v) is 3.25. The summed E-state index contributed by atoms with van der Waals surface area (Å²) in [6.07, 6.45) is 3.46. The number of hydrogen-bond donors (Lipinski definition) is 1. The van der Waals surface area contributed by atoms with Gasteiger partial charge in [-0.2, -0.15) is 0 Å². The number of aryl methyl sites for hydroxylation is 1. The number of benzene rings is 2. The lowest BCUT2D eigenvalue weighted by Gasteiger charge is -2.46. The highest BCUT2D eigenvalue weighted by Gasteiger charge is 2.45. The van der Waals surface area contributed by atoms with E-state index in [0.29, 0.717) is 0 Å². The van der Waals surface area contributed by atoms with Crippen molar-refractivity contribution < 1.29 is 4.74 Å². The second kappa shape index (κ2) is 3.53. The fourth-order valence-electron chi connectivity index (χ4n) is 3.25. The van der Waals surface area contributed by atoms with Gasteiger partial charge in [0.05, 0.1) is 0 Å². The molecule has 1 spiro atoms.